The van der Waals surface area contributed by atoms with Crippen LogP contribution >= 0.6 is 0 Å². The summed E-state index contributed by atoms with van der Waals surface area (Å²) >= 11 is 0. The standard InChI is InChI=1S/C32H34N2O6/c1-5-20-14-10-15-21(6-2)27(20)34-29(35)24-25(30(34)36)32(3,31(37)38)33-26(24)22-16-11-17-23(39-4)28(22)40-18-19-12-8-7-9-13-19/h7-17,24-26,33H,5-6,18H2,1-4H3,(H,37,38). The predicted octanol–water partition coefficient (Wildman–Crippen LogP) is 4.69. The summed E-state index contributed by atoms with van der Waals surface area (Å²) < 4.78 is 11.9. The van der Waals surface area contributed by atoms with Crippen molar-refractivity contribution in [2.45, 2.75) is 51.8 Å². The van der Waals surface area contributed by atoms with Crippen molar-refractivity contribution in [3.8, 4) is 11.5 Å². The molecule has 2 aliphatic rings. The van der Waals surface area contributed by atoms with Gasteiger partial charge in [-0.25, -0.2) is 4.90 Å². The molecule has 8 heteroatoms. The van der Waals surface area contributed by atoms with E-state index in [1.807, 2.05) is 62.4 Å². The average Bonchev–Trinajstić information content (AvgIpc) is 3.44. The molecule has 3 aromatic carbocycles. The number of nitrogens with one attached hydrogen (secondary N) is 1. The van der Waals surface area contributed by atoms with Gasteiger partial charge in [-0.05, 0) is 42.5 Å². The van der Waals surface area contributed by atoms with Gasteiger partial charge in [-0.3, -0.25) is 19.7 Å². The van der Waals surface area contributed by atoms with Gasteiger partial charge in [0.05, 0.1) is 24.6 Å². The highest BCUT2D eigenvalue weighted by Crippen LogP contribution is 2.53. The molecule has 0 aromatic heterocycles. The van der Waals surface area contributed by atoms with Gasteiger partial charge in [0.25, 0.3) is 0 Å². The summed E-state index contributed by atoms with van der Waals surface area (Å²) in [7, 11) is 1.53. The molecule has 40 heavy (non-hydrogen) atoms. The Hall–Kier alpha value is -4.17. The number of para-hydroxylation sites is 2. The Morgan fingerprint density at radius 3 is 2.20 bits per heavy atom. The van der Waals surface area contributed by atoms with Crippen molar-refractivity contribution < 1.29 is 29.0 Å². The number of hydrogen-bond acceptors (Lipinski definition) is 6. The van der Waals surface area contributed by atoms with E-state index in [0.717, 1.165) is 16.7 Å². The molecule has 4 unspecified atom stereocenters. The van der Waals surface area contributed by atoms with Crippen LogP contribution in [-0.2, 0) is 33.8 Å². The minimum Gasteiger partial charge on any atom is -0.493 e. The molecule has 2 amide bonds. The summed E-state index contributed by atoms with van der Waals surface area (Å²) in [6.45, 7) is 5.68. The monoisotopic (exact) mass is 542 g/mol. The van der Waals surface area contributed by atoms with E-state index in [-0.39, 0.29) is 6.61 Å². The number of methoxy groups -OCH3 is 1. The zero-order valence-electron chi connectivity index (χ0n) is 23.1. The van der Waals surface area contributed by atoms with Gasteiger partial charge >= 0.3 is 5.97 Å². The van der Waals surface area contributed by atoms with E-state index in [1.54, 1.807) is 18.2 Å². The number of aryl methyl sites for hydroxylation is 2. The van der Waals surface area contributed by atoms with Crippen LogP contribution in [0, 0.1) is 11.8 Å². The largest absolute Gasteiger partial charge is 0.493 e. The Balaban J connectivity index is 1.62. The number of hydrogen-bond donors (Lipinski definition) is 2. The second kappa shape index (κ2) is 10.8. The third-order valence-corrected chi connectivity index (χ3v) is 8.21. The quantitative estimate of drug-likeness (QED) is 0.378. The Bertz CT molecular complexity index is 1430. The van der Waals surface area contributed by atoms with Crippen LogP contribution < -0.4 is 19.7 Å². The molecule has 0 spiro atoms. The van der Waals surface area contributed by atoms with Gasteiger partial charge in [0.2, 0.25) is 11.8 Å². The van der Waals surface area contributed by atoms with Crippen LogP contribution in [0.1, 0.15) is 49.1 Å². The van der Waals surface area contributed by atoms with E-state index < -0.39 is 41.2 Å². The number of aliphatic carboxylic acids is 1. The highest BCUT2D eigenvalue weighted by Gasteiger charge is 2.67. The predicted molar refractivity (Wildman–Crippen MR) is 150 cm³/mol. The third-order valence-electron chi connectivity index (χ3n) is 8.21. The van der Waals surface area contributed by atoms with Crippen molar-refractivity contribution in [3.63, 3.8) is 0 Å². The Kier molecular flexibility index (Phi) is 7.38. The number of benzene rings is 3. The normalized spacial score (nSPS) is 23.8. The van der Waals surface area contributed by atoms with Gasteiger partial charge in [0.15, 0.2) is 11.5 Å². The lowest BCUT2D eigenvalue weighted by atomic mass is 9.80. The van der Waals surface area contributed by atoms with Crippen LogP contribution in [0.3, 0.4) is 0 Å². The van der Waals surface area contributed by atoms with Crippen molar-refractivity contribution in [3.05, 3.63) is 89.0 Å². The van der Waals surface area contributed by atoms with Crippen LogP contribution in [0.5, 0.6) is 11.5 Å². The van der Waals surface area contributed by atoms with Crippen LogP contribution in [-0.4, -0.2) is 35.5 Å². The molecule has 5 rings (SSSR count). The fraction of sp³-hybridized carbons (Fsp3) is 0.344. The lowest BCUT2D eigenvalue weighted by molar-refractivity contribution is -0.147. The number of ether oxygens (including phenoxy) is 2. The molecule has 3 aromatic rings. The van der Waals surface area contributed by atoms with E-state index in [9.17, 15) is 19.5 Å². The molecule has 2 N–H and O–H groups in total. The number of carbonyl (C=O) groups is 3. The summed E-state index contributed by atoms with van der Waals surface area (Å²) in [5, 5.41) is 13.5. The number of fused-ring (bicyclic) bond motifs is 1. The Morgan fingerprint density at radius 1 is 0.950 bits per heavy atom. The van der Waals surface area contributed by atoms with Gasteiger partial charge in [-0.2, -0.15) is 0 Å². The number of carboxylic acid groups (broad SMARTS) is 1. The zero-order valence-corrected chi connectivity index (χ0v) is 23.1. The van der Waals surface area contributed by atoms with Gasteiger partial charge in [0, 0.05) is 11.6 Å². The highest BCUT2D eigenvalue weighted by molar-refractivity contribution is 6.25. The fourth-order valence-corrected chi connectivity index (χ4v) is 6.15. The highest BCUT2D eigenvalue weighted by atomic mass is 16.5. The Morgan fingerprint density at radius 2 is 1.60 bits per heavy atom. The van der Waals surface area contributed by atoms with Crippen molar-refractivity contribution in [2.75, 3.05) is 12.0 Å². The van der Waals surface area contributed by atoms with Gasteiger partial charge in [-0.15, -0.1) is 0 Å². The van der Waals surface area contributed by atoms with Crippen molar-refractivity contribution in [1.29, 1.82) is 0 Å². The minimum absolute atomic E-state index is 0.244. The van der Waals surface area contributed by atoms with Crippen molar-refractivity contribution >= 4 is 23.5 Å². The summed E-state index contributed by atoms with van der Waals surface area (Å²) in [5.41, 5.74) is 2.15. The summed E-state index contributed by atoms with van der Waals surface area (Å²) in [6, 6.07) is 19.9. The molecule has 0 radical (unpaired) electrons. The molecule has 4 atom stereocenters. The number of imide groups is 1. The molecular formula is C32H34N2O6. The van der Waals surface area contributed by atoms with E-state index in [0.29, 0.717) is 35.6 Å². The molecule has 2 fully saturated rings. The minimum atomic E-state index is -1.68. The van der Waals surface area contributed by atoms with E-state index in [1.165, 1.54) is 18.9 Å². The van der Waals surface area contributed by atoms with Crippen LogP contribution in [0.4, 0.5) is 5.69 Å². The molecule has 2 aliphatic heterocycles. The number of carbonyl (C=O) groups excluding carboxylic acids is 2. The molecule has 8 nitrogen and oxygen atoms in total. The van der Waals surface area contributed by atoms with Gasteiger partial charge in [-0.1, -0.05) is 74.5 Å². The summed E-state index contributed by atoms with van der Waals surface area (Å²) in [4.78, 5) is 42.3. The second-order valence-corrected chi connectivity index (χ2v) is 10.4. The average molecular weight is 543 g/mol. The first kappa shape index (κ1) is 27.4. The molecule has 0 bridgehead atoms. The van der Waals surface area contributed by atoms with Gasteiger partial charge < -0.3 is 14.6 Å². The number of nitrogens with zero attached hydrogens (tertiary/aromatic N) is 1. The molecular weight excluding hydrogens is 508 g/mol. The van der Waals surface area contributed by atoms with Crippen molar-refractivity contribution in [1.82, 2.24) is 5.32 Å². The first-order valence-corrected chi connectivity index (χ1v) is 13.6. The van der Waals surface area contributed by atoms with Crippen LogP contribution in [0.25, 0.3) is 0 Å². The zero-order chi connectivity index (χ0) is 28.6. The first-order valence-electron chi connectivity index (χ1n) is 13.6. The molecule has 0 saturated carbocycles. The lowest BCUT2D eigenvalue weighted by Crippen LogP contribution is -2.53. The van der Waals surface area contributed by atoms with Crippen LogP contribution in [0.15, 0.2) is 66.7 Å². The topological polar surface area (TPSA) is 105 Å². The maximum Gasteiger partial charge on any atom is 0.324 e. The van der Waals surface area contributed by atoms with Crippen LogP contribution in [0.2, 0.25) is 0 Å². The molecule has 208 valence electrons. The smallest absolute Gasteiger partial charge is 0.324 e. The molecule has 2 heterocycles. The molecule has 2 saturated heterocycles. The second-order valence-electron chi connectivity index (χ2n) is 10.4. The number of amides is 2. The van der Waals surface area contributed by atoms with Gasteiger partial charge in [0.1, 0.15) is 12.1 Å². The summed E-state index contributed by atoms with van der Waals surface area (Å²) in [6.07, 6.45) is 1.25. The van der Waals surface area contributed by atoms with E-state index in [4.69, 9.17) is 9.47 Å². The first-order chi connectivity index (χ1) is 19.3. The third kappa shape index (κ3) is 4.32. The maximum absolute atomic E-state index is 14.3. The Labute approximate surface area is 233 Å². The molecule has 0 aliphatic carbocycles. The van der Waals surface area contributed by atoms with E-state index >= 15 is 0 Å². The lowest BCUT2D eigenvalue weighted by Gasteiger charge is -2.29. The maximum atomic E-state index is 14.3. The SMILES string of the molecule is CCc1cccc(CC)c1N1C(=O)C2C(c3cccc(OC)c3OCc3ccccc3)NC(C)(C(=O)O)C2C1=O. The number of rotatable bonds is 9. The number of carboxylic acids is 1. The summed E-state index contributed by atoms with van der Waals surface area (Å²) in [5.74, 6) is -3.30. The van der Waals surface area contributed by atoms with E-state index in [2.05, 4.69) is 5.32 Å². The fourth-order valence-electron chi connectivity index (χ4n) is 6.15. The van der Waals surface area contributed by atoms with Crippen molar-refractivity contribution in [2.24, 2.45) is 11.8 Å². The number of anilines is 1.